The van der Waals surface area contributed by atoms with Crippen molar-refractivity contribution in [1.29, 1.82) is 0 Å². The van der Waals surface area contributed by atoms with Crippen LogP contribution >= 0.6 is 0 Å². The molecule has 0 aliphatic rings. The quantitative estimate of drug-likeness (QED) is 0.923. The Morgan fingerprint density at radius 2 is 2.21 bits per heavy atom. The van der Waals surface area contributed by atoms with E-state index in [0.29, 0.717) is 5.56 Å². The van der Waals surface area contributed by atoms with Gasteiger partial charge in [0.2, 0.25) is 0 Å². The van der Waals surface area contributed by atoms with Gasteiger partial charge in [-0.25, -0.2) is 4.79 Å². The van der Waals surface area contributed by atoms with E-state index in [9.17, 15) is 13.6 Å². The second-order valence-electron chi connectivity index (χ2n) is 3.67. The number of ether oxygens (including phenoxy) is 1. The number of carboxylic acid groups (broad SMARTS) is 1. The standard InChI is InChI=1S/C12H9F2NO4/c1-6-9(11(16)17)10(15-19-6)7-3-2-4-8(5-7)18-12(13)14/h2-5,12H,1H3,(H,16,17). The lowest BCUT2D eigenvalue weighted by molar-refractivity contribution is -0.0498. The third-order valence-electron chi connectivity index (χ3n) is 2.41. The molecular weight excluding hydrogens is 260 g/mol. The molecule has 19 heavy (non-hydrogen) atoms. The first-order chi connectivity index (χ1) is 8.99. The highest BCUT2D eigenvalue weighted by Gasteiger charge is 2.21. The Bertz CT molecular complexity index is 610. The maximum absolute atomic E-state index is 12.1. The van der Waals surface area contributed by atoms with Crippen LogP contribution in [0.3, 0.4) is 0 Å². The molecule has 0 bridgehead atoms. The summed E-state index contributed by atoms with van der Waals surface area (Å²) in [6.45, 7) is -1.49. The maximum Gasteiger partial charge on any atom is 0.387 e. The summed E-state index contributed by atoms with van der Waals surface area (Å²) in [6.07, 6.45) is 0. The molecule has 0 radical (unpaired) electrons. The molecule has 0 aliphatic carbocycles. The summed E-state index contributed by atoms with van der Waals surface area (Å²) in [5, 5.41) is 12.7. The van der Waals surface area contributed by atoms with Crippen LogP contribution in [0.5, 0.6) is 5.75 Å². The fourth-order valence-electron chi connectivity index (χ4n) is 1.64. The number of hydrogen-bond donors (Lipinski definition) is 1. The lowest BCUT2D eigenvalue weighted by Crippen LogP contribution is -2.02. The van der Waals surface area contributed by atoms with Crippen LogP contribution in [-0.2, 0) is 0 Å². The molecule has 1 N–H and O–H groups in total. The van der Waals surface area contributed by atoms with Gasteiger partial charge >= 0.3 is 12.6 Å². The maximum atomic E-state index is 12.1. The molecule has 0 unspecified atom stereocenters. The number of aromatic nitrogens is 1. The van der Waals surface area contributed by atoms with Crippen molar-refractivity contribution in [3.8, 4) is 17.0 Å². The van der Waals surface area contributed by atoms with Crippen molar-refractivity contribution in [2.45, 2.75) is 13.5 Å². The predicted molar refractivity (Wildman–Crippen MR) is 60.3 cm³/mol. The average Bonchev–Trinajstić information content (AvgIpc) is 2.70. The Morgan fingerprint density at radius 3 is 2.84 bits per heavy atom. The molecule has 0 aliphatic heterocycles. The number of carboxylic acids is 1. The molecular formula is C12H9F2NO4. The van der Waals surface area contributed by atoms with Gasteiger partial charge in [0.25, 0.3) is 0 Å². The number of aromatic carboxylic acids is 1. The van der Waals surface area contributed by atoms with Gasteiger partial charge in [0.1, 0.15) is 22.8 Å². The van der Waals surface area contributed by atoms with E-state index >= 15 is 0 Å². The highest BCUT2D eigenvalue weighted by Crippen LogP contribution is 2.28. The average molecular weight is 269 g/mol. The van der Waals surface area contributed by atoms with E-state index in [2.05, 4.69) is 9.89 Å². The fraction of sp³-hybridized carbons (Fsp3) is 0.167. The lowest BCUT2D eigenvalue weighted by atomic mass is 10.1. The predicted octanol–water partition coefficient (Wildman–Crippen LogP) is 2.95. The minimum atomic E-state index is -2.95. The number of halogens is 2. The summed E-state index contributed by atoms with van der Waals surface area (Å²) < 4.78 is 33.3. The largest absolute Gasteiger partial charge is 0.477 e. The Balaban J connectivity index is 2.45. The van der Waals surface area contributed by atoms with Crippen molar-refractivity contribution in [1.82, 2.24) is 5.16 Å². The van der Waals surface area contributed by atoms with Crippen molar-refractivity contribution in [3.63, 3.8) is 0 Å². The Morgan fingerprint density at radius 1 is 1.47 bits per heavy atom. The number of aryl methyl sites for hydroxylation is 1. The monoisotopic (exact) mass is 269 g/mol. The minimum Gasteiger partial charge on any atom is -0.477 e. The van der Waals surface area contributed by atoms with E-state index < -0.39 is 12.6 Å². The van der Waals surface area contributed by atoms with Gasteiger partial charge < -0.3 is 14.4 Å². The van der Waals surface area contributed by atoms with Crippen molar-refractivity contribution in [2.24, 2.45) is 0 Å². The zero-order valence-corrected chi connectivity index (χ0v) is 9.76. The molecule has 0 saturated heterocycles. The smallest absolute Gasteiger partial charge is 0.387 e. The fourth-order valence-corrected chi connectivity index (χ4v) is 1.64. The van der Waals surface area contributed by atoms with Gasteiger partial charge in [0.15, 0.2) is 0 Å². The van der Waals surface area contributed by atoms with Gasteiger partial charge in [-0.05, 0) is 19.1 Å². The number of nitrogens with zero attached hydrogens (tertiary/aromatic N) is 1. The molecule has 0 fully saturated rings. The summed E-state index contributed by atoms with van der Waals surface area (Å²) in [7, 11) is 0. The van der Waals surface area contributed by atoms with Gasteiger partial charge in [-0.15, -0.1) is 0 Å². The number of rotatable bonds is 4. The lowest BCUT2D eigenvalue weighted by Gasteiger charge is -2.05. The van der Waals surface area contributed by atoms with Gasteiger partial charge in [-0.1, -0.05) is 17.3 Å². The molecule has 1 aromatic heterocycles. The molecule has 7 heteroatoms. The summed E-state index contributed by atoms with van der Waals surface area (Å²) >= 11 is 0. The van der Waals surface area contributed by atoms with E-state index in [1.807, 2.05) is 0 Å². The SMILES string of the molecule is Cc1onc(-c2cccc(OC(F)F)c2)c1C(=O)O. The molecule has 0 atom stereocenters. The Kier molecular flexibility index (Phi) is 3.46. The van der Waals surface area contributed by atoms with Crippen molar-refractivity contribution < 1.29 is 27.9 Å². The topological polar surface area (TPSA) is 72.6 Å². The third-order valence-corrected chi connectivity index (χ3v) is 2.41. The van der Waals surface area contributed by atoms with Gasteiger partial charge in [-0.2, -0.15) is 8.78 Å². The zero-order chi connectivity index (χ0) is 14.0. The van der Waals surface area contributed by atoms with E-state index in [1.165, 1.54) is 31.2 Å². The number of hydrogen-bond acceptors (Lipinski definition) is 4. The van der Waals surface area contributed by atoms with Crippen LogP contribution in [0.2, 0.25) is 0 Å². The van der Waals surface area contributed by atoms with Crippen LogP contribution in [-0.4, -0.2) is 22.8 Å². The van der Waals surface area contributed by atoms with E-state index in [0.717, 1.165) is 0 Å². The van der Waals surface area contributed by atoms with Crippen LogP contribution in [0.15, 0.2) is 28.8 Å². The molecule has 1 heterocycles. The first-order valence-electron chi connectivity index (χ1n) is 5.24. The Hall–Kier alpha value is -2.44. The normalized spacial score (nSPS) is 10.7. The number of benzene rings is 1. The second kappa shape index (κ2) is 5.05. The molecule has 2 rings (SSSR count). The molecule has 5 nitrogen and oxygen atoms in total. The van der Waals surface area contributed by atoms with E-state index in [4.69, 9.17) is 9.63 Å². The van der Waals surface area contributed by atoms with Gasteiger partial charge in [0.05, 0.1) is 0 Å². The summed E-state index contributed by atoms with van der Waals surface area (Å²) in [6, 6.07) is 5.60. The van der Waals surface area contributed by atoms with Gasteiger partial charge in [-0.3, -0.25) is 0 Å². The zero-order valence-electron chi connectivity index (χ0n) is 9.76. The molecule has 2 aromatic rings. The molecule has 0 amide bonds. The first-order valence-corrected chi connectivity index (χ1v) is 5.24. The molecule has 0 spiro atoms. The Labute approximate surface area is 106 Å². The van der Waals surface area contributed by atoms with Crippen molar-refractivity contribution in [2.75, 3.05) is 0 Å². The highest BCUT2D eigenvalue weighted by atomic mass is 19.3. The summed E-state index contributed by atoms with van der Waals surface area (Å²) in [4.78, 5) is 11.1. The second-order valence-corrected chi connectivity index (χ2v) is 3.67. The summed E-state index contributed by atoms with van der Waals surface area (Å²) in [5.74, 6) is -1.14. The number of carbonyl (C=O) groups is 1. The molecule has 1 aromatic carbocycles. The van der Waals surface area contributed by atoms with E-state index in [1.54, 1.807) is 0 Å². The molecule has 100 valence electrons. The highest BCUT2D eigenvalue weighted by molar-refractivity contribution is 5.95. The van der Waals surface area contributed by atoms with Gasteiger partial charge in [0, 0.05) is 5.56 Å². The van der Waals surface area contributed by atoms with Crippen LogP contribution in [0, 0.1) is 6.92 Å². The number of alkyl halides is 2. The van der Waals surface area contributed by atoms with Crippen LogP contribution in [0.25, 0.3) is 11.3 Å². The van der Waals surface area contributed by atoms with Crippen molar-refractivity contribution in [3.05, 3.63) is 35.6 Å². The molecule has 0 saturated carbocycles. The van der Waals surface area contributed by atoms with Crippen LogP contribution in [0.4, 0.5) is 8.78 Å². The third kappa shape index (κ3) is 2.70. The van der Waals surface area contributed by atoms with Crippen LogP contribution in [0.1, 0.15) is 16.1 Å². The van der Waals surface area contributed by atoms with Crippen molar-refractivity contribution >= 4 is 5.97 Å². The van der Waals surface area contributed by atoms with Crippen LogP contribution < -0.4 is 4.74 Å². The minimum absolute atomic E-state index is 0.0738. The summed E-state index contributed by atoms with van der Waals surface area (Å²) in [5.41, 5.74) is 0.298. The first kappa shape index (κ1) is 13.0. The van der Waals surface area contributed by atoms with E-state index in [-0.39, 0.29) is 22.8 Å².